The molecule has 1 amide bonds. The van der Waals surface area contributed by atoms with Gasteiger partial charge >= 0.3 is 0 Å². The normalized spacial score (nSPS) is 11.0. The summed E-state index contributed by atoms with van der Waals surface area (Å²) in [5.41, 5.74) is 7.57. The predicted molar refractivity (Wildman–Crippen MR) is 118 cm³/mol. The number of fused-ring (bicyclic) bond motifs is 1. The first-order valence-electron chi connectivity index (χ1n) is 9.27. The fourth-order valence-corrected chi connectivity index (χ4v) is 4.17. The van der Waals surface area contributed by atoms with Crippen molar-refractivity contribution in [2.45, 2.75) is 27.7 Å². The average molecular weight is 387 g/mol. The monoisotopic (exact) mass is 386 g/mol. The summed E-state index contributed by atoms with van der Waals surface area (Å²) in [6, 6.07) is 16.2. The lowest BCUT2D eigenvalue weighted by Gasteiger charge is -2.14. The van der Waals surface area contributed by atoms with Crippen molar-refractivity contribution < 1.29 is 4.79 Å². The second-order valence-electron chi connectivity index (χ2n) is 7.28. The zero-order valence-corrected chi connectivity index (χ0v) is 17.3. The van der Waals surface area contributed by atoms with E-state index in [-0.39, 0.29) is 5.91 Å². The van der Waals surface area contributed by atoms with Crippen molar-refractivity contribution in [2.24, 2.45) is 0 Å². The Morgan fingerprint density at radius 2 is 1.75 bits per heavy atom. The third kappa shape index (κ3) is 3.43. The largest absolute Gasteiger partial charge is 0.322 e. The van der Waals surface area contributed by atoms with Crippen LogP contribution in [0.2, 0.25) is 0 Å². The molecule has 0 saturated carbocycles. The molecule has 0 fully saturated rings. The van der Waals surface area contributed by atoms with Crippen LogP contribution in [-0.2, 0) is 0 Å². The van der Waals surface area contributed by atoms with Gasteiger partial charge in [-0.05, 0) is 74.0 Å². The second-order valence-corrected chi connectivity index (χ2v) is 8.23. The maximum absolute atomic E-state index is 13.3. The first kappa shape index (κ1) is 18.4. The van der Waals surface area contributed by atoms with Gasteiger partial charge in [0.15, 0.2) is 0 Å². The standard InChI is InChI=1S/C24H22N2OS/c1-14-7-8-16(3)20(12-14)26-24(27)19-13-21(22-6-5-9-28-22)25-23-17(4)10-15(2)11-18(19)23/h5-13H,1-4H3,(H,26,27). The molecule has 0 radical (unpaired) electrons. The number of nitrogens with one attached hydrogen (secondary N) is 1. The smallest absolute Gasteiger partial charge is 0.256 e. The van der Waals surface area contributed by atoms with Gasteiger partial charge in [0.1, 0.15) is 0 Å². The van der Waals surface area contributed by atoms with E-state index in [0.29, 0.717) is 5.56 Å². The van der Waals surface area contributed by atoms with Crippen LogP contribution in [-0.4, -0.2) is 10.9 Å². The number of amides is 1. The molecule has 140 valence electrons. The summed E-state index contributed by atoms with van der Waals surface area (Å²) in [5.74, 6) is -0.107. The number of nitrogens with zero attached hydrogens (tertiary/aromatic N) is 1. The van der Waals surface area contributed by atoms with E-state index in [1.165, 1.54) is 0 Å². The van der Waals surface area contributed by atoms with Crippen molar-refractivity contribution in [3.05, 3.63) is 81.7 Å². The molecule has 2 heterocycles. The van der Waals surface area contributed by atoms with Crippen molar-refractivity contribution >= 4 is 33.8 Å². The lowest BCUT2D eigenvalue weighted by Crippen LogP contribution is -2.14. The molecule has 0 bridgehead atoms. The van der Waals surface area contributed by atoms with Crippen LogP contribution in [0.1, 0.15) is 32.6 Å². The molecule has 0 aliphatic carbocycles. The Balaban J connectivity index is 1.89. The number of aryl methyl sites for hydroxylation is 4. The molecule has 4 heteroatoms. The number of hydrogen-bond acceptors (Lipinski definition) is 3. The van der Waals surface area contributed by atoms with Crippen LogP contribution < -0.4 is 5.32 Å². The van der Waals surface area contributed by atoms with Crippen LogP contribution in [0, 0.1) is 27.7 Å². The van der Waals surface area contributed by atoms with Gasteiger partial charge in [0.05, 0.1) is 21.7 Å². The Kier molecular flexibility index (Phi) is 4.73. The van der Waals surface area contributed by atoms with Crippen molar-refractivity contribution in [1.29, 1.82) is 0 Å². The minimum atomic E-state index is -0.107. The van der Waals surface area contributed by atoms with Gasteiger partial charge < -0.3 is 5.32 Å². The van der Waals surface area contributed by atoms with Gasteiger partial charge in [-0.25, -0.2) is 4.98 Å². The van der Waals surface area contributed by atoms with Gasteiger partial charge in [0, 0.05) is 11.1 Å². The molecule has 4 rings (SSSR count). The highest BCUT2D eigenvalue weighted by Gasteiger charge is 2.17. The van der Waals surface area contributed by atoms with E-state index in [0.717, 1.165) is 49.4 Å². The van der Waals surface area contributed by atoms with Crippen molar-refractivity contribution in [1.82, 2.24) is 4.98 Å². The number of thiophene rings is 1. The topological polar surface area (TPSA) is 42.0 Å². The summed E-state index contributed by atoms with van der Waals surface area (Å²) in [5, 5.41) is 6.02. The van der Waals surface area contributed by atoms with Gasteiger partial charge in [-0.3, -0.25) is 4.79 Å². The van der Waals surface area contributed by atoms with Crippen LogP contribution >= 0.6 is 11.3 Å². The molecule has 0 unspecified atom stereocenters. The highest BCUT2D eigenvalue weighted by atomic mass is 32.1. The molecule has 0 aliphatic rings. The van der Waals surface area contributed by atoms with Crippen LogP contribution in [0.5, 0.6) is 0 Å². The maximum Gasteiger partial charge on any atom is 0.256 e. The number of benzene rings is 2. The lowest BCUT2D eigenvalue weighted by molar-refractivity contribution is 0.102. The second kappa shape index (κ2) is 7.21. The molecule has 0 saturated heterocycles. The Morgan fingerprint density at radius 1 is 0.929 bits per heavy atom. The molecule has 0 aliphatic heterocycles. The third-order valence-electron chi connectivity index (χ3n) is 4.91. The Morgan fingerprint density at radius 3 is 2.50 bits per heavy atom. The van der Waals surface area contributed by atoms with Crippen molar-refractivity contribution in [2.75, 3.05) is 5.32 Å². The molecule has 3 nitrogen and oxygen atoms in total. The Bertz CT molecular complexity index is 1190. The fourth-order valence-electron chi connectivity index (χ4n) is 3.48. The highest BCUT2D eigenvalue weighted by Crippen LogP contribution is 2.30. The maximum atomic E-state index is 13.3. The Hall–Kier alpha value is -2.98. The quantitative estimate of drug-likeness (QED) is 0.440. The molecule has 0 spiro atoms. The highest BCUT2D eigenvalue weighted by molar-refractivity contribution is 7.13. The van der Waals surface area contributed by atoms with Crippen LogP contribution in [0.3, 0.4) is 0 Å². The number of anilines is 1. The minimum Gasteiger partial charge on any atom is -0.322 e. The SMILES string of the molecule is Cc1ccc(C)c(NC(=O)c2cc(-c3cccs3)nc3c(C)cc(C)cc23)c1. The minimum absolute atomic E-state index is 0.107. The van der Waals surface area contributed by atoms with E-state index in [2.05, 4.69) is 17.4 Å². The van der Waals surface area contributed by atoms with Crippen LogP contribution in [0.25, 0.3) is 21.5 Å². The van der Waals surface area contributed by atoms with Gasteiger partial charge in [-0.1, -0.05) is 29.8 Å². The number of hydrogen-bond donors (Lipinski definition) is 1. The number of carbonyl (C=O) groups excluding carboxylic acids is 1. The fraction of sp³-hybridized carbons (Fsp3) is 0.167. The zero-order valence-electron chi connectivity index (χ0n) is 16.5. The van der Waals surface area contributed by atoms with Gasteiger partial charge in [0.25, 0.3) is 5.91 Å². The average Bonchev–Trinajstić information content (AvgIpc) is 3.18. The summed E-state index contributed by atoms with van der Waals surface area (Å²) >= 11 is 1.63. The van der Waals surface area contributed by atoms with Crippen molar-refractivity contribution in [3.63, 3.8) is 0 Å². The lowest BCUT2D eigenvalue weighted by atomic mass is 10.0. The third-order valence-corrected chi connectivity index (χ3v) is 5.80. The van der Waals surface area contributed by atoms with Gasteiger partial charge in [-0.15, -0.1) is 11.3 Å². The van der Waals surface area contributed by atoms with E-state index in [1.807, 2.05) is 69.5 Å². The predicted octanol–water partition coefficient (Wildman–Crippen LogP) is 6.45. The van der Waals surface area contributed by atoms with Crippen LogP contribution in [0.4, 0.5) is 5.69 Å². The number of carbonyl (C=O) groups is 1. The van der Waals surface area contributed by atoms with Gasteiger partial charge in [-0.2, -0.15) is 0 Å². The Labute approximate surface area is 169 Å². The molecule has 4 aromatic rings. The summed E-state index contributed by atoms with van der Waals surface area (Å²) in [6.45, 7) is 8.13. The van der Waals surface area contributed by atoms with E-state index in [9.17, 15) is 4.79 Å². The zero-order chi connectivity index (χ0) is 19.8. The molecular formula is C24H22N2OS. The van der Waals surface area contributed by atoms with Crippen LogP contribution in [0.15, 0.2) is 53.9 Å². The number of aromatic nitrogens is 1. The molecule has 2 aromatic carbocycles. The first-order chi connectivity index (χ1) is 13.4. The summed E-state index contributed by atoms with van der Waals surface area (Å²) in [6.07, 6.45) is 0. The molecular weight excluding hydrogens is 364 g/mol. The molecule has 28 heavy (non-hydrogen) atoms. The van der Waals surface area contributed by atoms with E-state index < -0.39 is 0 Å². The molecule has 0 atom stereocenters. The van der Waals surface area contributed by atoms with E-state index in [4.69, 9.17) is 4.98 Å². The first-order valence-corrected chi connectivity index (χ1v) is 10.1. The summed E-state index contributed by atoms with van der Waals surface area (Å²) in [4.78, 5) is 19.2. The molecule has 2 aromatic heterocycles. The van der Waals surface area contributed by atoms with Crippen molar-refractivity contribution in [3.8, 4) is 10.6 Å². The van der Waals surface area contributed by atoms with E-state index >= 15 is 0 Å². The number of pyridine rings is 1. The van der Waals surface area contributed by atoms with E-state index in [1.54, 1.807) is 11.3 Å². The molecule has 1 N–H and O–H groups in total. The summed E-state index contributed by atoms with van der Waals surface area (Å²) < 4.78 is 0. The number of rotatable bonds is 3. The van der Waals surface area contributed by atoms with Gasteiger partial charge in [0.2, 0.25) is 0 Å². The summed E-state index contributed by atoms with van der Waals surface area (Å²) in [7, 11) is 0.